The average molecular weight is 236 g/mol. The van der Waals surface area contributed by atoms with Gasteiger partial charge < -0.3 is 10.6 Å². The number of nitrogens with zero attached hydrogens (tertiary/aromatic N) is 2. The van der Waals surface area contributed by atoms with E-state index in [1.54, 1.807) is 4.68 Å². The van der Waals surface area contributed by atoms with Crippen LogP contribution in [0.1, 0.15) is 38.3 Å². The molecule has 1 fully saturated rings. The van der Waals surface area contributed by atoms with E-state index in [0.29, 0.717) is 11.8 Å². The Labute approximate surface area is 102 Å². The molecule has 1 aliphatic rings. The van der Waals surface area contributed by atoms with Crippen LogP contribution in [0.15, 0.2) is 6.20 Å². The first-order chi connectivity index (χ1) is 8.06. The summed E-state index contributed by atoms with van der Waals surface area (Å²) in [7, 11) is 1.86. The molecule has 94 valence electrons. The summed E-state index contributed by atoms with van der Waals surface area (Å²) in [6, 6.07) is -0.133. The Morgan fingerprint density at radius 3 is 2.88 bits per heavy atom. The summed E-state index contributed by atoms with van der Waals surface area (Å²) in [5.74, 6) is 0.995. The molecule has 0 bridgehead atoms. The maximum Gasteiger partial charge on any atom is 0.319 e. The summed E-state index contributed by atoms with van der Waals surface area (Å²) in [5, 5.41) is 10.1. The Bertz CT molecular complexity index is 407. The van der Waals surface area contributed by atoms with Crippen molar-refractivity contribution in [3.8, 4) is 0 Å². The molecule has 0 spiro atoms. The number of rotatable bonds is 4. The Balaban J connectivity index is 1.93. The number of hydrogen-bond donors (Lipinski definition) is 2. The third-order valence-electron chi connectivity index (χ3n) is 2.90. The Kier molecular flexibility index (Phi) is 3.36. The highest BCUT2D eigenvalue weighted by molar-refractivity contribution is 5.89. The molecule has 0 unspecified atom stereocenters. The summed E-state index contributed by atoms with van der Waals surface area (Å²) in [6.45, 7) is 4.91. The van der Waals surface area contributed by atoms with E-state index in [-0.39, 0.29) is 6.03 Å². The van der Waals surface area contributed by atoms with Crippen molar-refractivity contribution in [2.75, 3.05) is 11.9 Å². The molecule has 1 aromatic heterocycles. The van der Waals surface area contributed by atoms with E-state index in [9.17, 15) is 4.79 Å². The standard InChI is InChI=1S/C12H20N4O/c1-8(2)11-10(7-16(3)15-11)14-12(17)13-6-9-4-5-9/h7-9H,4-6H2,1-3H3,(H2,13,14,17). The van der Waals surface area contributed by atoms with Crippen molar-refractivity contribution in [2.45, 2.75) is 32.6 Å². The van der Waals surface area contributed by atoms with Crippen LogP contribution < -0.4 is 10.6 Å². The van der Waals surface area contributed by atoms with E-state index in [1.165, 1.54) is 12.8 Å². The van der Waals surface area contributed by atoms with Crippen LogP contribution in [-0.2, 0) is 7.05 Å². The first-order valence-electron chi connectivity index (χ1n) is 6.14. The van der Waals surface area contributed by atoms with E-state index in [1.807, 2.05) is 13.2 Å². The van der Waals surface area contributed by atoms with Crippen molar-refractivity contribution in [1.29, 1.82) is 0 Å². The smallest absolute Gasteiger partial charge is 0.319 e. The number of hydrogen-bond acceptors (Lipinski definition) is 2. The van der Waals surface area contributed by atoms with Gasteiger partial charge in [0.05, 0.1) is 11.4 Å². The van der Waals surface area contributed by atoms with Crippen LogP contribution in [0.2, 0.25) is 0 Å². The minimum atomic E-state index is -0.133. The van der Waals surface area contributed by atoms with Gasteiger partial charge in [0, 0.05) is 19.8 Å². The number of amides is 2. The highest BCUT2D eigenvalue weighted by Crippen LogP contribution is 2.27. The minimum absolute atomic E-state index is 0.133. The fraction of sp³-hybridized carbons (Fsp3) is 0.667. The monoisotopic (exact) mass is 236 g/mol. The molecule has 1 heterocycles. The molecule has 1 saturated carbocycles. The van der Waals surface area contributed by atoms with Gasteiger partial charge in [-0.1, -0.05) is 13.8 Å². The van der Waals surface area contributed by atoms with Crippen LogP contribution in [0, 0.1) is 5.92 Å². The van der Waals surface area contributed by atoms with Gasteiger partial charge in [0.2, 0.25) is 0 Å². The van der Waals surface area contributed by atoms with Crippen molar-refractivity contribution in [3.63, 3.8) is 0 Å². The number of urea groups is 1. The third kappa shape index (κ3) is 3.22. The quantitative estimate of drug-likeness (QED) is 0.840. The lowest BCUT2D eigenvalue weighted by Gasteiger charge is -2.08. The fourth-order valence-electron chi connectivity index (χ4n) is 1.75. The molecule has 0 atom stereocenters. The number of aryl methyl sites for hydroxylation is 1. The lowest BCUT2D eigenvalue weighted by molar-refractivity contribution is 0.251. The SMILES string of the molecule is CC(C)c1nn(C)cc1NC(=O)NCC1CC1. The molecule has 1 aliphatic carbocycles. The summed E-state index contributed by atoms with van der Waals surface area (Å²) >= 11 is 0. The molecular formula is C12H20N4O. The zero-order valence-electron chi connectivity index (χ0n) is 10.7. The fourth-order valence-corrected chi connectivity index (χ4v) is 1.75. The first kappa shape index (κ1) is 12.0. The van der Waals surface area contributed by atoms with Crippen LogP contribution in [-0.4, -0.2) is 22.4 Å². The van der Waals surface area contributed by atoms with Crippen LogP contribution in [0.25, 0.3) is 0 Å². The second kappa shape index (κ2) is 4.77. The van der Waals surface area contributed by atoms with E-state index >= 15 is 0 Å². The lowest BCUT2D eigenvalue weighted by atomic mass is 10.1. The van der Waals surface area contributed by atoms with E-state index in [2.05, 4.69) is 29.6 Å². The average Bonchev–Trinajstić information content (AvgIpc) is 3.00. The van der Waals surface area contributed by atoms with Gasteiger partial charge in [-0.3, -0.25) is 4.68 Å². The van der Waals surface area contributed by atoms with Crippen LogP contribution >= 0.6 is 0 Å². The number of aromatic nitrogens is 2. The van der Waals surface area contributed by atoms with Crippen molar-refractivity contribution in [1.82, 2.24) is 15.1 Å². The molecular weight excluding hydrogens is 216 g/mol. The van der Waals surface area contributed by atoms with Gasteiger partial charge in [0.25, 0.3) is 0 Å². The highest BCUT2D eigenvalue weighted by atomic mass is 16.2. The highest BCUT2D eigenvalue weighted by Gasteiger charge is 2.22. The van der Waals surface area contributed by atoms with Gasteiger partial charge in [-0.25, -0.2) is 4.79 Å². The number of carbonyl (C=O) groups is 1. The number of nitrogens with one attached hydrogen (secondary N) is 2. The van der Waals surface area contributed by atoms with Gasteiger partial charge in [0.1, 0.15) is 0 Å². The zero-order valence-corrected chi connectivity index (χ0v) is 10.7. The van der Waals surface area contributed by atoms with Crippen LogP contribution in [0.3, 0.4) is 0 Å². The zero-order chi connectivity index (χ0) is 12.4. The second-order valence-corrected chi connectivity index (χ2v) is 5.03. The summed E-state index contributed by atoms with van der Waals surface area (Å²) in [5.41, 5.74) is 1.73. The molecule has 0 aromatic carbocycles. The minimum Gasteiger partial charge on any atom is -0.338 e. The Hall–Kier alpha value is -1.52. The first-order valence-corrected chi connectivity index (χ1v) is 6.14. The van der Waals surface area contributed by atoms with E-state index in [0.717, 1.165) is 17.9 Å². The predicted molar refractivity (Wildman–Crippen MR) is 67.0 cm³/mol. The summed E-state index contributed by atoms with van der Waals surface area (Å²) in [6.07, 6.45) is 4.32. The van der Waals surface area contributed by atoms with Crippen LogP contribution in [0.4, 0.5) is 10.5 Å². The normalized spacial score (nSPS) is 15.1. The largest absolute Gasteiger partial charge is 0.338 e. The Morgan fingerprint density at radius 2 is 2.29 bits per heavy atom. The van der Waals surface area contributed by atoms with E-state index < -0.39 is 0 Å². The summed E-state index contributed by atoms with van der Waals surface area (Å²) < 4.78 is 1.73. The van der Waals surface area contributed by atoms with E-state index in [4.69, 9.17) is 0 Å². The van der Waals surface area contributed by atoms with Crippen LogP contribution in [0.5, 0.6) is 0 Å². The molecule has 0 saturated heterocycles. The summed E-state index contributed by atoms with van der Waals surface area (Å²) in [4.78, 5) is 11.7. The van der Waals surface area contributed by atoms with Crippen molar-refractivity contribution in [2.24, 2.45) is 13.0 Å². The molecule has 2 rings (SSSR count). The van der Waals surface area contributed by atoms with Crippen molar-refractivity contribution in [3.05, 3.63) is 11.9 Å². The molecule has 2 amide bonds. The molecule has 0 aliphatic heterocycles. The van der Waals surface area contributed by atoms with Crippen molar-refractivity contribution < 1.29 is 4.79 Å². The molecule has 2 N–H and O–H groups in total. The van der Waals surface area contributed by atoms with Gasteiger partial charge >= 0.3 is 6.03 Å². The molecule has 17 heavy (non-hydrogen) atoms. The molecule has 0 radical (unpaired) electrons. The number of carbonyl (C=O) groups excluding carboxylic acids is 1. The molecule has 5 nitrogen and oxygen atoms in total. The maximum absolute atomic E-state index is 11.7. The molecule has 1 aromatic rings. The predicted octanol–water partition coefficient (Wildman–Crippen LogP) is 2.08. The maximum atomic E-state index is 11.7. The number of anilines is 1. The van der Waals surface area contributed by atoms with Crippen molar-refractivity contribution >= 4 is 11.7 Å². The van der Waals surface area contributed by atoms with Gasteiger partial charge in [-0.2, -0.15) is 5.10 Å². The van der Waals surface area contributed by atoms with Gasteiger partial charge in [0.15, 0.2) is 0 Å². The lowest BCUT2D eigenvalue weighted by Crippen LogP contribution is -2.30. The second-order valence-electron chi connectivity index (χ2n) is 5.03. The Morgan fingerprint density at radius 1 is 1.59 bits per heavy atom. The topological polar surface area (TPSA) is 59.0 Å². The molecule has 5 heteroatoms. The van der Waals surface area contributed by atoms with Gasteiger partial charge in [-0.05, 0) is 24.7 Å². The third-order valence-corrected chi connectivity index (χ3v) is 2.90. The van der Waals surface area contributed by atoms with Gasteiger partial charge in [-0.15, -0.1) is 0 Å².